The van der Waals surface area contributed by atoms with Gasteiger partial charge in [0.2, 0.25) is 0 Å². The van der Waals surface area contributed by atoms with Crippen LogP contribution >= 0.6 is 0 Å². The zero-order valence-corrected chi connectivity index (χ0v) is 9.09. The minimum Gasteiger partial charge on any atom is -0.300 e. The zero-order chi connectivity index (χ0) is 9.76. The number of fused-ring (bicyclic) bond motifs is 1. The van der Waals surface area contributed by atoms with Crippen LogP contribution in [0.5, 0.6) is 0 Å². The molecule has 3 rings (SSSR count). The van der Waals surface area contributed by atoms with Gasteiger partial charge in [-0.15, -0.1) is 0 Å². The van der Waals surface area contributed by atoms with Crippen molar-refractivity contribution in [2.45, 2.75) is 51.9 Å². The highest BCUT2D eigenvalue weighted by Gasteiger charge is 2.58. The van der Waals surface area contributed by atoms with E-state index < -0.39 is 0 Å². The van der Waals surface area contributed by atoms with Gasteiger partial charge in [0.05, 0.1) is 0 Å². The van der Waals surface area contributed by atoms with Gasteiger partial charge >= 0.3 is 0 Å². The molecule has 0 aromatic heterocycles. The molecule has 0 bridgehead atoms. The van der Waals surface area contributed by atoms with Crippen LogP contribution in [0.3, 0.4) is 0 Å². The van der Waals surface area contributed by atoms with Crippen molar-refractivity contribution in [1.29, 1.82) is 0 Å². The van der Waals surface area contributed by atoms with Crippen molar-refractivity contribution in [3.05, 3.63) is 0 Å². The number of rotatable bonds is 1. The SMILES string of the molecule is CC(=O)C1C2CCC3(CCCC3)C[C@@H]21. The van der Waals surface area contributed by atoms with Gasteiger partial charge in [0.1, 0.15) is 5.78 Å². The topological polar surface area (TPSA) is 17.1 Å². The maximum absolute atomic E-state index is 11.4. The van der Waals surface area contributed by atoms with Gasteiger partial charge in [0.25, 0.3) is 0 Å². The summed E-state index contributed by atoms with van der Waals surface area (Å²) in [5, 5.41) is 0. The Morgan fingerprint density at radius 2 is 1.86 bits per heavy atom. The van der Waals surface area contributed by atoms with Crippen LogP contribution in [0.25, 0.3) is 0 Å². The Hall–Kier alpha value is -0.330. The Kier molecular flexibility index (Phi) is 1.81. The fraction of sp³-hybridized carbons (Fsp3) is 0.923. The number of ketones is 1. The molecule has 1 spiro atoms. The molecule has 0 aliphatic heterocycles. The van der Waals surface area contributed by atoms with Gasteiger partial charge in [-0.1, -0.05) is 12.8 Å². The molecule has 1 nitrogen and oxygen atoms in total. The molecular weight excluding hydrogens is 172 g/mol. The summed E-state index contributed by atoms with van der Waals surface area (Å²) in [6.07, 6.45) is 9.99. The highest BCUT2D eigenvalue weighted by atomic mass is 16.1. The van der Waals surface area contributed by atoms with E-state index in [1.807, 2.05) is 0 Å². The second kappa shape index (κ2) is 2.84. The second-order valence-electron chi connectivity index (χ2n) is 5.91. The first-order valence-corrected chi connectivity index (χ1v) is 6.22. The number of hydrogen-bond acceptors (Lipinski definition) is 1. The molecule has 0 N–H and O–H groups in total. The van der Waals surface area contributed by atoms with Crippen molar-refractivity contribution in [3.8, 4) is 0 Å². The van der Waals surface area contributed by atoms with Gasteiger partial charge in [0.15, 0.2) is 0 Å². The summed E-state index contributed by atoms with van der Waals surface area (Å²) >= 11 is 0. The molecule has 3 saturated carbocycles. The third kappa shape index (κ3) is 1.17. The highest BCUT2D eigenvalue weighted by molar-refractivity contribution is 5.82. The van der Waals surface area contributed by atoms with Crippen LogP contribution in [-0.2, 0) is 4.79 Å². The van der Waals surface area contributed by atoms with E-state index in [2.05, 4.69) is 0 Å². The summed E-state index contributed by atoms with van der Waals surface area (Å²) < 4.78 is 0. The Morgan fingerprint density at radius 1 is 1.14 bits per heavy atom. The molecule has 1 heteroatoms. The van der Waals surface area contributed by atoms with Gasteiger partial charge < -0.3 is 0 Å². The Bertz CT molecular complexity index is 262. The average molecular weight is 192 g/mol. The molecule has 0 heterocycles. The number of carbonyl (C=O) groups is 1. The van der Waals surface area contributed by atoms with E-state index >= 15 is 0 Å². The molecule has 78 valence electrons. The summed E-state index contributed by atoms with van der Waals surface area (Å²) in [4.78, 5) is 11.4. The van der Waals surface area contributed by atoms with Crippen LogP contribution in [0, 0.1) is 23.2 Å². The van der Waals surface area contributed by atoms with Crippen molar-refractivity contribution >= 4 is 5.78 Å². The van der Waals surface area contributed by atoms with Crippen molar-refractivity contribution in [2.24, 2.45) is 23.2 Å². The van der Waals surface area contributed by atoms with Crippen LogP contribution in [-0.4, -0.2) is 5.78 Å². The largest absolute Gasteiger partial charge is 0.300 e. The lowest BCUT2D eigenvalue weighted by Gasteiger charge is -2.32. The van der Waals surface area contributed by atoms with Crippen molar-refractivity contribution in [2.75, 3.05) is 0 Å². The monoisotopic (exact) mass is 192 g/mol. The van der Waals surface area contributed by atoms with Gasteiger partial charge in [-0.2, -0.15) is 0 Å². The van der Waals surface area contributed by atoms with E-state index in [4.69, 9.17) is 0 Å². The third-order valence-electron chi connectivity index (χ3n) is 5.14. The van der Waals surface area contributed by atoms with Crippen LogP contribution in [0.15, 0.2) is 0 Å². The van der Waals surface area contributed by atoms with Crippen LogP contribution in [0.4, 0.5) is 0 Å². The van der Waals surface area contributed by atoms with E-state index in [1.54, 1.807) is 6.92 Å². The summed E-state index contributed by atoms with van der Waals surface area (Å²) in [5.74, 6) is 2.56. The summed E-state index contributed by atoms with van der Waals surface area (Å²) in [6.45, 7) is 1.80. The van der Waals surface area contributed by atoms with E-state index in [1.165, 1.54) is 44.9 Å². The molecule has 14 heavy (non-hydrogen) atoms. The Morgan fingerprint density at radius 3 is 2.50 bits per heavy atom. The van der Waals surface area contributed by atoms with Gasteiger partial charge in [-0.25, -0.2) is 0 Å². The number of hydrogen-bond donors (Lipinski definition) is 0. The van der Waals surface area contributed by atoms with Gasteiger partial charge in [0, 0.05) is 5.92 Å². The molecule has 2 unspecified atom stereocenters. The van der Waals surface area contributed by atoms with Gasteiger partial charge in [-0.3, -0.25) is 4.79 Å². The van der Waals surface area contributed by atoms with Crippen molar-refractivity contribution in [1.82, 2.24) is 0 Å². The highest BCUT2D eigenvalue weighted by Crippen LogP contribution is 2.64. The summed E-state index contributed by atoms with van der Waals surface area (Å²) in [7, 11) is 0. The standard InChI is InChI=1S/C13H20O/c1-9(14)12-10-4-7-13(8-11(10)12)5-2-3-6-13/h10-12H,2-8H2,1H3/t10?,11-,12?/m0/s1. The zero-order valence-electron chi connectivity index (χ0n) is 9.09. The first kappa shape index (κ1) is 8.94. The first-order valence-electron chi connectivity index (χ1n) is 6.22. The lowest BCUT2D eigenvalue weighted by molar-refractivity contribution is -0.118. The quantitative estimate of drug-likeness (QED) is 0.623. The van der Waals surface area contributed by atoms with Gasteiger partial charge in [-0.05, 0) is 56.3 Å². The molecule has 0 radical (unpaired) electrons. The predicted octanol–water partition coefficient (Wildman–Crippen LogP) is 3.18. The molecular formula is C13H20O. The predicted molar refractivity (Wildman–Crippen MR) is 55.9 cm³/mol. The summed E-state index contributed by atoms with van der Waals surface area (Å²) in [5.41, 5.74) is 0.700. The smallest absolute Gasteiger partial charge is 0.133 e. The Balaban J connectivity index is 1.71. The molecule has 3 atom stereocenters. The second-order valence-corrected chi connectivity index (χ2v) is 5.91. The molecule has 0 amide bonds. The minimum absolute atomic E-state index is 0.468. The van der Waals surface area contributed by atoms with E-state index in [9.17, 15) is 4.79 Å². The van der Waals surface area contributed by atoms with Crippen molar-refractivity contribution in [3.63, 3.8) is 0 Å². The van der Waals surface area contributed by atoms with Crippen LogP contribution in [0.1, 0.15) is 51.9 Å². The number of Topliss-reactive ketones (excluding diaryl/α,β-unsaturated/α-hetero) is 1. The average Bonchev–Trinajstić information content (AvgIpc) is 2.68. The van der Waals surface area contributed by atoms with E-state index in [-0.39, 0.29) is 0 Å². The molecule has 0 aromatic rings. The molecule has 3 aliphatic rings. The first-order chi connectivity index (χ1) is 6.72. The molecule has 3 aliphatic carbocycles. The molecule has 0 saturated heterocycles. The lowest BCUT2D eigenvalue weighted by atomic mass is 9.73. The maximum Gasteiger partial charge on any atom is 0.133 e. The maximum atomic E-state index is 11.4. The minimum atomic E-state index is 0.468. The van der Waals surface area contributed by atoms with Crippen molar-refractivity contribution < 1.29 is 4.79 Å². The normalized spacial score (nSPS) is 43.6. The van der Waals surface area contributed by atoms with Crippen LogP contribution in [0.2, 0.25) is 0 Å². The van der Waals surface area contributed by atoms with E-state index in [0.29, 0.717) is 17.1 Å². The fourth-order valence-corrected chi connectivity index (χ4v) is 4.37. The third-order valence-corrected chi connectivity index (χ3v) is 5.14. The summed E-state index contributed by atoms with van der Waals surface area (Å²) in [6, 6.07) is 0. The fourth-order valence-electron chi connectivity index (χ4n) is 4.37. The molecule has 0 aromatic carbocycles. The van der Waals surface area contributed by atoms with Crippen LogP contribution < -0.4 is 0 Å². The number of carbonyl (C=O) groups excluding carboxylic acids is 1. The van der Waals surface area contributed by atoms with E-state index in [0.717, 1.165) is 11.8 Å². The lowest BCUT2D eigenvalue weighted by Crippen LogP contribution is -2.21. The molecule has 3 fully saturated rings. The Labute approximate surface area is 86.3 Å².